The Morgan fingerprint density at radius 1 is 0.875 bits per heavy atom. The quantitative estimate of drug-likeness (QED) is 0.709. The second-order valence-corrected chi connectivity index (χ2v) is 9.97. The van der Waals surface area contributed by atoms with Crippen LogP contribution in [-0.2, 0) is 10.0 Å². The van der Waals surface area contributed by atoms with Gasteiger partial charge < -0.3 is 5.32 Å². The Bertz CT molecular complexity index is 463. The molecule has 5 nitrogen and oxygen atoms in total. The minimum atomic E-state index is -3.04. The summed E-state index contributed by atoms with van der Waals surface area (Å²) < 4.78 is 26.9. The van der Waals surface area contributed by atoms with Crippen molar-refractivity contribution in [3.8, 4) is 0 Å². The van der Waals surface area contributed by atoms with Crippen LogP contribution >= 0.6 is 0 Å². The van der Waals surface area contributed by atoms with Gasteiger partial charge in [0.15, 0.2) is 0 Å². The van der Waals surface area contributed by atoms with Gasteiger partial charge in [-0.05, 0) is 51.1 Å². The number of rotatable bonds is 7. The number of piperidine rings is 1. The molecule has 3 aliphatic rings. The molecular weight excluding hydrogens is 322 g/mol. The van der Waals surface area contributed by atoms with Gasteiger partial charge in [0.05, 0.1) is 5.75 Å². The van der Waals surface area contributed by atoms with Crippen LogP contribution in [0.3, 0.4) is 0 Å². The molecular formula is C18H35N3O2S. The van der Waals surface area contributed by atoms with E-state index < -0.39 is 10.0 Å². The van der Waals surface area contributed by atoms with Gasteiger partial charge in [-0.2, -0.15) is 4.31 Å². The first-order valence-corrected chi connectivity index (χ1v) is 11.7. The molecule has 6 heteroatoms. The van der Waals surface area contributed by atoms with Crippen LogP contribution in [0.15, 0.2) is 0 Å². The van der Waals surface area contributed by atoms with Gasteiger partial charge in [-0.3, -0.25) is 4.90 Å². The smallest absolute Gasteiger partial charge is 0.214 e. The number of piperazine rings is 1. The molecule has 0 aromatic heterocycles. The highest BCUT2D eigenvalue weighted by Gasteiger charge is 2.30. The van der Waals surface area contributed by atoms with Crippen molar-refractivity contribution in [3.63, 3.8) is 0 Å². The van der Waals surface area contributed by atoms with Crippen LogP contribution < -0.4 is 5.32 Å². The molecule has 3 rings (SSSR count). The minimum absolute atomic E-state index is 0.349. The fourth-order valence-corrected chi connectivity index (χ4v) is 6.18. The molecule has 0 amide bonds. The van der Waals surface area contributed by atoms with Crippen molar-refractivity contribution in [2.45, 2.75) is 63.8 Å². The molecule has 140 valence electrons. The third-order valence-corrected chi connectivity index (χ3v) is 8.19. The SMILES string of the molecule is O=S(=O)(CCCCC1CCNCC1)N1CCN(C2CCCC2)CC1. The lowest BCUT2D eigenvalue weighted by atomic mass is 9.93. The zero-order valence-corrected chi connectivity index (χ0v) is 15.9. The molecule has 0 bridgehead atoms. The molecule has 0 radical (unpaired) electrons. The third kappa shape index (κ3) is 5.16. The molecule has 1 N–H and O–H groups in total. The number of hydrogen-bond acceptors (Lipinski definition) is 4. The molecule has 2 aliphatic heterocycles. The van der Waals surface area contributed by atoms with Crippen molar-refractivity contribution in [1.29, 1.82) is 0 Å². The topological polar surface area (TPSA) is 52.7 Å². The summed E-state index contributed by atoms with van der Waals surface area (Å²) in [6, 6.07) is 0.722. The van der Waals surface area contributed by atoms with Crippen LogP contribution in [0.4, 0.5) is 0 Å². The Hall–Kier alpha value is -0.170. The average molecular weight is 358 g/mol. The van der Waals surface area contributed by atoms with E-state index in [2.05, 4.69) is 10.2 Å². The highest BCUT2D eigenvalue weighted by atomic mass is 32.2. The van der Waals surface area contributed by atoms with Gasteiger partial charge in [0, 0.05) is 32.2 Å². The maximum Gasteiger partial charge on any atom is 0.214 e. The zero-order chi connectivity index (χ0) is 16.8. The highest BCUT2D eigenvalue weighted by molar-refractivity contribution is 7.89. The Labute approximate surface area is 148 Å². The van der Waals surface area contributed by atoms with Crippen LogP contribution in [0.2, 0.25) is 0 Å². The third-order valence-electron chi connectivity index (χ3n) is 6.23. The van der Waals surface area contributed by atoms with E-state index in [-0.39, 0.29) is 0 Å². The van der Waals surface area contributed by atoms with Crippen LogP contribution in [0.5, 0.6) is 0 Å². The second-order valence-electron chi connectivity index (χ2n) is 7.88. The molecule has 0 atom stereocenters. The Balaban J connectivity index is 1.34. The Morgan fingerprint density at radius 3 is 2.21 bits per heavy atom. The van der Waals surface area contributed by atoms with Crippen molar-refractivity contribution in [1.82, 2.24) is 14.5 Å². The van der Waals surface area contributed by atoms with E-state index in [0.29, 0.717) is 18.8 Å². The number of unbranched alkanes of at least 4 members (excludes halogenated alkanes) is 1. The Morgan fingerprint density at radius 2 is 1.54 bits per heavy atom. The van der Waals surface area contributed by atoms with Crippen molar-refractivity contribution >= 4 is 10.0 Å². The first-order chi connectivity index (χ1) is 11.6. The van der Waals surface area contributed by atoms with E-state index in [1.165, 1.54) is 44.9 Å². The Kier molecular flexibility index (Phi) is 6.96. The van der Waals surface area contributed by atoms with Gasteiger partial charge in [0.1, 0.15) is 0 Å². The summed E-state index contributed by atoms with van der Waals surface area (Å²) in [7, 11) is -3.04. The monoisotopic (exact) mass is 357 g/mol. The van der Waals surface area contributed by atoms with Gasteiger partial charge in [0.2, 0.25) is 10.0 Å². The van der Waals surface area contributed by atoms with Gasteiger partial charge >= 0.3 is 0 Å². The van der Waals surface area contributed by atoms with Crippen LogP contribution in [0.1, 0.15) is 57.8 Å². The summed E-state index contributed by atoms with van der Waals surface area (Å²) in [5.74, 6) is 1.16. The molecule has 2 saturated heterocycles. The second kappa shape index (κ2) is 8.97. The van der Waals surface area contributed by atoms with E-state index in [4.69, 9.17) is 0 Å². The largest absolute Gasteiger partial charge is 0.317 e. The number of nitrogens with one attached hydrogen (secondary N) is 1. The molecule has 2 heterocycles. The molecule has 1 aliphatic carbocycles. The van der Waals surface area contributed by atoms with Gasteiger partial charge in [-0.1, -0.05) is 25.7 Å². The predicted octanol–water partition coefficient (Wildman–Crippen LogP) is 2.05. The van der Waals surface area contributed by atoms with Crippen LogP contribution in [0, 0.1) is 5.92 Å². The number of sulfonamides is 1. The molecule has 24 heavy (non-hydrogen) atoms. The average Bonchev–Trinajstić information content (AvgIpc) is 3.14. The normalized spacial score (nSPS) is 26.2. The van der Waals surface area contributed by atoms with E-state index in [1.54, 1.807) is 4.31 Å². The molecule has 1 saturated carbocycles. The standard InChI is InChI=1S/C18H35N3O2S/c22-24(23,16-4-3-5-17-8-10-19-11-9-17)21-14-12-20(13-15-21)18-6-1-2-7-18/h17-19H,1-16H2. The van der Waals surface area contributed by atoms with E-state index in [0.717, 1.165) is 51.0 Å². The van der Waals surface area contributed by atoms with Crippen molar-refractivity contribution in [2.75, 3.05) is 45.0 Å². The fraction of sp³-hybridized carbons (Fsp3) is 1.00. The summed E-state index contributed by atoms with van der Waals surface area (Å²) >= 11 is 0. The first kappa shape index (κ1) is 18.6. The highest BCUT2D eigenvalue weighted by Crippen LogP contribution is 2.25. The summed E-state index contributed by atoms with van der Waals surface area (Å²) in [4.78, 5) is 2.52. The maximum atomic E-state index is 12.6. The van der Waals surface area contributed by atoms with Crippen LogP contribution in [-0.4, -0.2) is 68.7 Å². The fourth-order valence-electron chi connectivity index (χ4n) is 4.63. The molecule has 3 fully saturated rings. The molecule has 0 unspecified atom stereocenters. The van der Waals surface area contributed by atoms with E-state index in [1.807, 2.05) is 0 Å². The lowest BCUT2D eigenvalue weighted by molar-refractivity contribution is 0.139. The lowest BCUT2D eigenvalue weighted by Gasteiger charge is -2.37. The van der Waals surface area contributed by atoms with Crippen molar-refractivity contribution in [2.24, 2.45) is 5.92 Å². The van der Waals surface area contributed by atoms with E-state index in [9.17, 15) is 8.42 Å². The molecule has 0 aromatic carbocycles. The molecule has 0 spiro atoms. The lowest BCUT2D eigenvalue weighted by Crippen LogP contribution is -2.51. The summed E-state index contributed by atoms with van der Waals surface area (Å²) in [5, 5.41) is 3.39. The summed E-state index contributed by atoms with van der Waals surface area (Å²) in [6.45, 7) is 5.53. The minimum Gasteiger partial charge on any atom is -0.317 e. The zero-order valence-electron chi connectivity index (χ0n) is 15.1. The number of hydrogen-bond donors (Lipinski definition) is 1. The summed E-state index contributed by atoms with van der Waals surface area (Å²) in [6.07, 6.45) is 10.9. The predicted molar refractivity (Wildman–Crippen MR) is 98.6 cm³/mol. The summed E-state index contributed by atoms with van der Waals surface area (Å²) in [5.41, 5.74) is 0. The first-order valence-electron chi connectivity index (χ1n) is 10.1. The van der Waals surface area contributed by atoms with Gasteiger partial charge in [0.25, 0.3) is 0 Å². The van der Waals surface area contributed by atoms with Crippen molar-refractivity contribution in [3.05, 3.63) is 0 Å². The van der Waals surface area contributed by atoms with Crippen LogP contribution in [0.25, 0.3) is 0 Å². The van der Waals surface area contributed by atoms with Gasteiger partial charge in [-0.25, -0.2) is 8.42 Å². The van der Waals surface area contributed by atoms with Gasteiger partial charge in [-0.15, -0.1) is 0 Å². The number of nitrogens with zero attached hydrogens (tertiary/aromatic N) is 2. The van der Waals surface area contributed by atoms with Crippen molar-refractivity contribution < 1.29 is 8.42 Å². The maximum absolute atomic E-state index is 12.6. The van der Waals surface area contributed by atoms with E-state index >= 15 is 0 Å². The molecule has 0 aromatic rings.